The van der Waals surface area contributed by atoms with Crippen molar-refractivity contribution in [1.82, 2.24) is 0 Å². The van der Waals surface area contributed by atoms with Gasteiger partial charge in [-0.15, -0.1) is 0 Å². The number of hydrogen-bond acceptors (Lipinski definition) is 2. The molecule has 0 aliphatic carbocycles. The smallest absolute Gasteiger partial charge is 0.399 e. The quantitative estimate of drug-likeness (QED) is 0.0684. The predicted molar refractivity (Wildman–Crippen MR) is 202 cm³/mol. The molecule has 0 aliphatic heterocycles. The molecular weight excluding hydrogens is 1110 g/mol. The molecule has 0 aromatic heterocycles. The van der Waals surface area contributed by atoms with Crippen LogP contribution in [0, 0.1) is 0 Å². The minimum Gasteiger partial charge on any atom is -0.399 e. The minimum absolute atomic E-state index is 0.109. The summed E-state index contributed by atoms with van der Waals surface area (Å²) in [5.74, 6) is -115. The van der Waals surface area contributed by atoms with Gasteiger partial charge in [-0.2, -0.15) is 132 Å². The van der Waals surface area contributed by atoms with E-state index in [1.165, 1.54) is 48.5 Å². The lowest BCUT2D eigenvalue weighted by Gasteiger charge is -2.49. The zero-order chi connectivity index (χ0) is 58.3. The van der Waals surface area contributed by atoms with Gasteiger partial charge in [0.05, 0.1) is 0 Å². The van der Waals surface area contributed by atoms with Crippen molar-refractivity contribution in [3.05, 3.63) is 130 Å². The normalized spacial score (nSPS) is 15.1. The molecule has 75 heavy (non-hydrogen) atoms. The summed E-state index contributed by atoms with van der Waals surface area (Å²) in [4.78, 5) is 0. The molecule has 0 bridgehead atoms. The Kier molecular flexibility index (Phi) is 15.6. The fraction of sp³-hybridized carbons (Fsp3) is 0.442. The molecule has 0 saturated carbocycles. The number of benzene rings is 4. The van der Waals surface area contributed by atoms with Gasteiger partial charge < -0.3 is 11.5 Å². The fourth-order valence-corrected chi connectivity index (χ4v) is 7.21. The highest BCUT2D eigenvalue weighted by molar-refractivity contribution is 5.49. The third-order valence-electron chi connectivity index (χ3n) is 11.7. The van der Waals surface area contributed by atoms with Gasteiger partial charge in [-0.05, 0) is 83.3 Å². The Morgan fingerprint density at radius 2 is 0.387 bits per heavy atom. The van der Waals surface area contributed by atoms with E-state index in [1.807, 2.05) is 0 Å². The second-order valence-electron chi connectivity index (χ2n) is 16.5. The Morgan fingerprint density at radius 3 is 0.573 bits per heavy atom. The van der Waals surface area contributed by atoms with E-state index in [0.29, 0.717) is 35.4 Å². The lowest BCUT2D eigenvalue weighted by Crippen LogP contribution is -2.79. The average molecular weight is 1140 g/mol. The van der Waals surface area contributed by atoms with Gasteiger partial charge in [0.15, 0.2) is 5.41 Å². The Balaban J connectivity index is 1.95. The first-order chi connectivity index (χ1) is 33.4. The van der Waals surface area contributed by atoms with Crippen molar-refractivity contribution in [2.24, 2.45) is 0 Å². The van der Waals surface area contributed by atoms with Crippen LogP contribution in [0.15, 0.2) is 97.1 Å². The molecule has 4 aromatic rings. The number of anilines is 2. The molecule has 0 unspecified atom stereocenters. The van der Waals surface area contributed by atoms with Gasteiger partial charge in [0, 0.05) is 11.4 Å². The molecule has 2 nitrogen and oxygen atoms in total. The van der Waals surface area contributed by atoms with Crippen LogP contribution in [0.2, 0.25) is 0 Å². The van der Waals surface area contributed by atoms with Crippen molar-refractivity contribution >= 4 is 11.4 Å². The maximum absolute atomic E-state index is 16.7. The van der Waals surface area contributed by atoms with Crippen LogP contribution in [-0.4, -0.2) is 83.4 Å². The molecule has 0 radical (unpaired) electrons. The molecule has 0 saturated heterocycles. The van der Waals surface area contributed by atoms with Crippen LogP contribution >= 0.6 is 0 Å². The summed E-state index contributed by atoms with van der Waals surface area (Å²) < 4.78 is 437. The molecule has 32 heteroatoms. The van der Waals surface area contributed by atoms with Crippen molar-refractivity contribution in [1.29, 1.82) is 0 Å². The monoisotopic (exact) mass is 1140 g/mol. The van der Waals surface area contributed by atoms with Crippen LogP contribution in [0.4, 0.5) is 143 Å². The first kappa shape index (κ1) is 61.9. The minimum atomic E-state index is -10.0. The molecule has 0 atom stereocenters. The number of nitrogens with two attached hydrogens (primary N) is 2. The molecule has 4 aromatic carbocycles. The number of rotatable bonds is 20. The summed E-state index contributed by atoms with van der Waals surface area (Å²) in [7, 11) is 0. The molecule has 4 rings (SSSR count). The summed E-state index contributed by atoms with van der Waals surface area (Å²) >= 11 is 0. The van der Waals surface area contributed by atoms with Crippen molar-refractivity contribution in [3.63, 3.8) is 0 Å². The lowest BCUT2D eigenvalue weighted by molar-refractivity contribution is -0.486. The predicted octanol–water partition coefficient (Wildman–Crippen LogP) is 15.5. The lowest BCUT2D eigenvalue weighted by atomic mass is 9.65. The Morgan fingerprint density at radius 1 is 0.213 bits per heavy atom. The molecule has 4 N–H and O–H groups in total. The van der Waals surface area contributed by atoms with Gasteiger partial charge in [-0.25, -0.2) is 0 Å². The molecule has 0 amide bonds. The number of nitrogen functional groups attached to an aromatic ring is 2. The highest BCUT2D eigenvalue weighted by Gasteiger charge is 3.01. The van der Waals surface area contributed by atoms with Crippen LogP contribution in [-0.2, 0) is 31.1 Å². The molecular formula is C43H28F30N2. The summed E-state index contributed by atoms with van der Waals surface area (Å²) in [6.45, 7) is 0. The van der Waals surface area contributed by atoms with Gasteiger partial charge in [-0.3, -0.25) is 0 Å². The second-order valence-corrected chi connectivity index (χ2v) is 16.5. The maximum atomic E-state index is 16.7. The first-order valence-electron chi connectivity index (χ1n) is 19.9. The Labute approximate surface area is 399 Å². The summed E-state index contributed by atoms with van der Waals surface area (Å²) in [6.07, 6.45) is -16.6. The highest BCUT2D eigenvalue weighted by Crippen LogP contribution is 2.70. The standard InChI is InChI=1S/C43H28F30N2/c44-30(45,31(46,47)32(48,49)33(50,51)34(52,53)35(54,55)36(56,57)37(58,59)38(60,61)39(62,63)40(64,65)41(66,67)43(71,72)73)29(42(68,69)70,25-13-5-21(6-14-25)1-3-23-9-17-27(74)18-10-23)26-15-7-22(8-16-26)2-4-24-11-19-28(75)20-12-24/h5-20H,1-4,74-75H2. The van der Waals surface area contributed by atoms with E-state index in [-0.39, 0.29) is 72.5 Å². The molecule has 420 valence electrons. The van der Waals surface area contributed by atoms with E-state index in [4.69, 9.17) is 11.5 Å². The second kappa shape index (κ2) is 18.8. The molecule has 0 spiro atoms. The third-order valence-corrected chi connectivity index (χ3v) is 11.7. The van der Waals surface area contributed by atoms with E-state index < -0.39 is 100.0 Å². The van der Waals surface area contributed by atoms with Gasteiger partial charge >= 0.3 is 83.4 Å². The van der Waals surface area contributed by atoms with Crippen molar-refractivity contribution in [2.75, 3.05) is 11.5 Å². The van der Waals surface area contributed by atoms with E-state index in [0.717, 1.165) is 0 Å². The topological polar surface area (TPSA) is 52.0 Å². The van der Waals surface area contributed by atoms with E-state index in [9.17, 15) is 83.4 Å². The summed E-state index contributed by atoms with van der Waals surface area (Å²) in [5, 5.41) is 0. The van der Waals surface area contributed by atoms with Crippen LogP contribution in [0.25, 0.3) is 0 Å². The number of aryl methyl sites for hydroxylation is 4. The van der Waals surface area contributed by atoms with Crippen LogP contribution in [0.1, 0.15) is 33.4 Å². The Hall–Kier alpha value is -5.62. The SMILES string of the molecule is Nc1ccc(CCc2ccc(C(c3ccc(CCc4ccc(N)cc4)cc3)(C(F)(F)F)C(F)(F)C(F)(F)C(F)(F)C(F)(F)C(F)(F)C(F)(F)C(F)(F)C(F)(F)C(F)(F)C(F)(F)C(F)(F)C(F)(F)C(F)(F)F)cc2)cc1. The number of alkyl halides is 30. The van der Waals surface area contributed by atoms with Crippen molar-refractivity contribution < 1.29 is 132 Å². The number of halogens is 30. The Bertz CT molecular complexity index is 2500. The van der Waals surface area contributed by atoms with Gasteiger partial charge in [0.25, 0.3) is 0 Å². The summed E-state index contributed by atoms with van der Waals surface area (Å²) in [6, 6.07) is 11.5. The molecule has 0 fully saturated rings. The van der Waals surface area contributed by atoms with Gasteiger partial charge in [0.1, 0.15) is 0 Å². The van der Waals surface area contributed by atoms with Crippen LogP contribution in [0.5, 0.6) is 0 Å². The van der Waals surface area contributed by atoms with Crippen LogP contribution < -0.4 is 11.5 Å². The van der Waals surface area contributed by atoms with Crippen LogP contribution in [0.3, 0.4) is 0 Å². The fourth-order valence-electron chi connectivity index (χ4n) is 7.21. The third kappa shape index (κ3) is 9.06. The first-order valence-corrected chi connectivity index (χ1v) is 19.9. The molecule has 0 aliphatic rings. The van der Waals surface area contributed by atoms with Crippen molar-refractivity contribution in [2.45, 2.75) is 115 Å². The van der Waals surface area contributed by atoms with Gasteiger partial charge in [0.2, 0.25) is 0 Å². The average Bonchev–Trinajstić information content (AvgIpc) is 3.28. The van der Waals surface area contributed by atoms with E-state index in [2.05, 4.69) is 0 Å². The zero-order valence-corrected chi connectivity index (χ0v) is 36.1. The maximum Gasteiger partial charge on any atom is 0.460 e. The van der Waals surface area contributed by atoms with Crippen molar-refractivity contribution in [3.8, 4) is 0 Å². The zero-order valence-electron chi connectivity index (χ0n) is 36.1. The number of hydrogen-bond donors (Lipinski definition) is 2. The largest absolute Gasteiger partial charge is 0.460 e. The summed E-state index contributed by atoms with van der Waals surface area (Å²) in [5.41, 5.74) is 0.484. The van der Waals surface area contributed by atoms with Gasteiger partial charge in [-0.1, -0.05) is 72.8 Å². The highest BCUT2D eigenvalue weighted by atomic mass is 19.4. The molecule has 0 heterocycles. The van der Waals surface area contributed by atoms with E-state index >= 15 is 48.3 Å². The van der Waals surface area contributed by atoms with E-state index in [1.54, 1.807) is 0 Å².